The summed E-state index contributed by atoms with van der Waals surface area (Å²) in [7, 11) is 0. The molecule has 1 N–H and O–H groups in total. The summed E-state index contributed by atoms with van der Waals surface area (Å²) in [6.45, 7) is 1.99. The van der Waals surface area contributed by atoms with Crippen LogP contribution in [-0.4, -0.2) is 15.7 Å². The Labute approximate surface area is 168 Å². The van der Waals surface area contributed by atoms with Gasteiger partial charge in [-0.15, -0.1) is 0 Å². The van der Waals surface area contributed by atoms with Gasteiger partial charge in [0.15, 0.2) is 0 Å². The lowest BCUT2D eigenvalue weighted by Gasteiger charge is -2.09. The Balaban J connectivity index is 1.73. The van der Waals surface area contributed by atoms with E-state index in [2.05, 4.69) is 5.32 Å². The van der Waals surface area contributed by atoms with Crippen molar-refractivity contribution in [1.82, 2.24) is 9.78 Å². The maximum Gasteiger partial charge on any atom is 0.256 e. The van der Waals surface area contributed by atoms with Crippen molar-refractivity contribution in [3.63, 3.8) is 0 Å². The Hall–Kier alpha value is -3.37. The van der Waals surface area contributed by atoms with E-state index in [1.807, 2.05) is 91.9 Å². The van der Waals surface area contributed by atoms with Gasteiger partial charge >= 0.3 is 0 Å². The molecule has 1 amide bonds. The molecule has 1 heterocycles. The third-order valence-electron chi connectivity index (χ3n) is 4.41. The van der Waals surface area contributed by atoms with E-state index in [4.69, 9.17) is 16.7 Å². The molecule has 5 heteroatoms. The molecule has 4 rings (SSSR count). The van der Waals surface area contributed by atoms with Crippen molar-refractivity contribution < 1.29 is 4.79 Å². The SMILES string of the molecule is Cc1ccc(C(=O)Nc2cc(-c3ccc(Cl)cc3)nn2-c2ccccc2)cc1. The monoisotopic (exact) mass is 387 g/mol. The number of benzene rings is 3. The second-order valence-electron chi connectivity index (χ2n) is 6.49. The van der Waals surface area contributed by atoms with Crippen molar-refractivity contribution in [1.29, 1.82) is 0 Å². The molecule has 0 aliphatic heterocycles. The third kappa shape index (κ3) is 3.82. The third-order valence-corrected chi connectivity index (χ3v) is 4.66. The number of aromatic nitrogens is 2. The number of carbonyl (C=O) groups excluding carboxylic acids is 1. The van der Waals surface area contributed by atoms with Crippen LogP contribution in [0.25, 0.3) is 16.9 Å². The molecule has 3 aromatic carbocycles. The highest BCUT2D eigenvalue weighted by Gasteiger charge is 2.15. The van der Waals surface area contributed by atoms with Gasteiger partial charge in [-0.05, 0) is 43.3 Å². The summed E-state index contributed by atoms with van der Waals surface area (Å²) in [5.41, 5.74) is 4.24. The smallest absolute Gasteiger partial charge is 0.256 e. The molecule has 0 saturated heterocycles. The predicted octanol–water partition coefficient (Wildman–Crippen LogP) is 5.75. The molecule has 28 heavy (non-hydrogen) atoms. The van der Waals surface area contributed by atoms with E-state index in [1.54, 1.807) is 4.68 Å². The summed E-state index contributed by atoms with van der Waals surface area (Å²) < 4.78 is 1.73. The van der Waals surface area contributed by atoms with E-state index in [-0.39, 0.29) is 5.91 Å². The first kappa shape index (κ1) is 18.0. The number of nitrogens with zero attached hydrogens (tertiary/aromatic N) is 2. The number of nitrogens with one attached hydrogen (secondary N) is 1. The van der Waals surface area contributed by atoms with E-state index < -0.39 is 0 Å². The number of anilines is 1. The number of hydrogen-bond donors (Lipinski definition) is 1. The quantitative estimate of drug-likeness (QED) is 0.484. The van der Waals surface area contributed by atoms with Gasteiger partial charge in [0.25, 0.3) is 5.91 Å². The Bertz CT molecular complexity index is 1100. The van der Waals surface area contributed by atoms with Crippen LogP contribution in [0.1, 0.15) is 15.9 Å². The lowest BCUT2D eigenvalue weighted by atomic mass is 10.1. The summed E-state index contributed by atoms with van der Waals surface area (Å²) in [5.74, 6) is 0.418. The first-order chi connectivity index (χ1) is 13.6. The highest BCUT2D eigenvalue weighted by atomic mass is 35.5. The first-order valence-electron chi connectivity index (χ1n) is 8.89. The van der Waals surface area contributed by atoms with Crippen molar-refractivity contribution in [2.24, 2.45) is 0 Å². The second kappa shape index (κ2) is 7.71. The first-order valence-corrected chi connectivity index (χ1v) is 9.27. The zero-order valence-corrected chi connectivity index (χ0v) is 16.0. The van der Waals surface area contributed by atoms with E-state index in [1.165, 1.54) is 0 Å². The number of carbonyl (C=O) groups is 1. The number of aryl methyl sites for hydroxylation is 1. The van der Waals surface area contributed by atoms with Gasteiger partial charge in [-0.25, -0.2) is 4.68 Å². The van der Waals surface area contributed by atoms with Gasteiger partial charge in [0.05, 0.1) is 11.4 Å². The van der Waals surface area contributed by atoms with Gasteiger partial charge in [0.2, 0.25) is 0 Å². The van der Waals surface area contributed by atoms with Crippen LogP contribution in [0.5, 0.6) is 0 Å². The summed E-state index contributed by atoms with van der Waals surface area (Å²) in [6, 6.07) is 26.5. The molecule has 0 saturated carbocycles. The van der Waals surface area contributed by atoms with Gasteiger partial charge in [-0.2, -0.15) is 5.10 Å². The van der Waals surface area contributed by atoms with E-state index in [9.17, 15) is 4.79 Å². The van der Waals surface area contributed by atoms with Crippen LogP contribution < -0.4 is 5.32 Å². The van der Waals surface area contributed by atoms with Crippen molar-refractivity contribution in [3.8, 4) is 16.9 Å². The van der Waals surface area contributed by atoms with Gasteiger partial charge in [-0.1, -0.05) is 59.6 Å². The van der Waals surface area contributed by atoms with Crippen molar-refractivity contribution >= 4 is 23.3 Å². The maximum atomic E-state index is 12.7. The molecule has 0 atom stereocenters. The number of hydrogen-bond acceptors (Lipinski definition) is 2. The average Bonchev–Trinajstić information content (AvgIpc) is 3.13. The number of para-hydroxylation sites is 1. The minimum atomic E-state index is -0.181. The second-order valence-corrected chi connectivity index (χ2v) is 6.93. The zero-order valence-electron chi connectivity index (χ0n) is 15.3. The van der Waals surface area contributed by atoms with Crippen molar-refractivity contribution in [3.05, 3.63) is 101 Å². The fourth-order valence-corrected chi connectivity index (χ4v) is 3.02. The normalized spacial score (nSPS) is 10.6. The summed E-state index contributed by atoms with van der Waals surface area (Å²) >= 11 is 6.00. The van der Waals surface area contributed by atoms with Gasteiger partial charge in [0, 0.05) is 22.2 Å². The molecule has 4 aromatic rings. The molecule has 0 unspecified atom stereocenters. The lowest BCUT2D eigenvalue weighted by Crippen LogP contribution is -2.15. The summed E-state index contributed by atoms with van der Waals surface area (Å²) in [5, 5.41) is 8.35. The van der Waals surface area contributed by atoms with Crippen LogP contribution in [0.4, 0.5) is 5.82 Å². The number of amides is 1. The Morgan fingerprint density at radius 3 is 2.29 bits per heavy atom. The minimum absolute atomic E-state index is 0.181. The average molecular weight is 388 g/mol. The van der Waals surface area contributed by atoms with Crippen molar-refractivity contribution in [2.75, 3.05) is 5.32 Å². The Morgan fingerprint density at radius 2 is 1.61 bits per heavy atom. The Morgan fingerprint density at radius 1 is 0.929 bits per heavy atom. The fraction of sp³-hybridized carbons (Fsp3) is 0.0435. The molecule has 0 bridgehead atoms. The van der Waals surface area contributed by atoms with E-state index >= 15 is 0 Å². The molecule has 0 aliphatic carbocycles. The lowest BCUT2D eigenvalue weighted by molar-refractivity contribution is 0.102. The minimum Gasteiger partial charge on any atom is -0.306 e. The zero-order chi connectivity index (χ0) is 19.5. The van der Waals surface area contributed by atoms with Crippen LogP contribution in [0.2, 0.25) is 5.02 Å². The predicted molar refractivity (Wildman–Crippen MR) is 113 cm³/mol. The van der Waals surface area contributed by atoms with E-state index in [0.29, 0.717) is 16.4 Å². The molecule has 1 aromatic heterocycles. The van der Waals surface area contributed by atoms with Crippen LogP contribution in [0.15, 0.2) is 84.9 Å². The fourth-order valence-electron chi connectivity index (χ4n) is 2.89. The summed E-state index contributed by atoms with van der Waals surface area (Å²) in [6.07, 6.45) is 0. The number of halogens is 1. The van der Waals surface area contributed by atoms with Crippen LogP contribution in [-0.2, 0) is 0 Å². The molecular formula is C23H18ClN3O. The van der Waals surface area contributed by atoms with E-state index in [0.717, 1.165) is 22.5 Å². The molecule has 138 valence electrons. The van der Waals surface area contributed by atoms with Crippen LogP contribution >= 0.6 is 11.6 Å². The highest BCUT2D eigenvalue weighted by molar-refractivity contribution is 6.30. The number of rotatable bonds is 4. The largest absolute Gasteiger partial charge is 0.306 e. The maximum absolute atomic E-state index is 12.7. The van der Waals surface area contributed by atoms with Gasteiger partial charge < -0.3 is 5.32 Å². The Kier molecular flexibility index (Phi) is 4.96. The van der Waals surface area contributed by atoms with Gasteiger partial charge in [0.1, 0.15) is 5.82 Å². The molecule has 0 aliphatic rings. The molecule has 0 spiro atoms. The van der Waals surface area contributed by atoms with Gasteiger partial charge in [-0.3, -0.25) is 4.79 Å². The molecule has 4 nitrogen and oxygen atoms in total. The van der Waals surface area contributed by atoms with Crippen LogP contribution in [0, 0.1) is 6.92 Å². The topological polar surface area (TPSA) is 46.9 Å². The highest BCUT2D eigenvalue weighted by Crippen LogP contribution is 2.26. The molecule has 0 fully saturated rings. The summed E-state index contributed by atoms with van der Waals surface area (Å²) in [4.78, 5) is 12.7. The molecular weight excluding hydrogens is 370 g/mol. The van der Waals surface area contributed by atoms with Crippen molar-refractivity contribution in [2.45, 2.75) is 6.92 Å². The van der Waals surface area contributed by atoms with Crippen LogP contribution in [0.3, 0.4) is 0 Å². The standard InChI is InChI=1S/C23H18ClN3O/c1-16-7-9-18(10-8-16)23(28)25-22-15-21(17-11-13-19(24)14-12-17)26-27(22)20-5-3-2-4-6-20/h2-15H,1H3,(H,25,28). The molecule has 0 radical (unpaired) electrons.